The zero-order chi connectivity index (χ0) is 18.6. The molecule has 1 saturated carbocycles. The lowest BCUT2D eigenvalue weighted by Crippen LogP contribution is -2.44. The van der Waals surface area contributed by atoms with Crippen molar-refractivity contribution in [1.82, 2.24) is 0 Å². The lowest BCUT2D eigenvalue weighted by molar-refractivity contribution is -0.141. The molecule has 1 aliphatic rings. The Hall–Kier alpha value is -2.07. The Bertz CT molecular complexity index is 769. The molecule has 0 bridgehead atoms. The third-order valence-electron chi connectivity index (χ3n) is 5.14. The monoisotopic (exact) mass is 355 g/mol. The van der Waals surface area contributed by atoms with E-state index >= 15 is 0 Å². The van der Waals surface area contributed by atoms with Gasteiger partial charge in [-0.3, -0.25) is 4.79 Å². The van der Waals surface area contributed by atoms with Gasteiger partial charge in [-0.15, -0.1) is 0 Å². The molecular weight excluding hydrogens is 326 g/mol. The SMILES string of the molecule is CCCCOc1ccc(NC(=O)[C@](C)(OCC)C2CC2)c2ccccc12. The smallest absolute Gasteiger partial charge is 0.256 e. The van der Waals surface area contributed by atoms with Gasteiger partial charge in [-0.2, -0.15) is 0 Å². The lowest BCUT2D eigenvalue weighted by atomic mass is 9.98. The van der Waals surface area contributed by atoms with Crippen molar-refractivity contribution in [1.29, 1.82) is 0 Å². The molecule has 0 aliphatic heterocycles. The summed E-state index contributed by atoms with van der Waals surface area (Å²) in [6.45, 7) is 7.23. The van der Waals surface area contributed by atoms with Crippen LogP contribution in [0.2, 0.25) is 0 Å². The van der Waals surface area contributed by atoms with Gasteiger partial charge in [0, 0.05) is 23.1 Å². The second-order valence-corrected chi connectivity index (χ2v) is 7.13. The van der Waals surface area contributed by atoms with Crippen molar-refractivity contribution in [3.05, 3.63) is 36.4 Å². The van der Waals surface area contributed by atoms with Crippen molar-refractivity contribution < 1.29 is 14.3 Å². The van der Waals surface area contributed by atoms with Gasteiger partial charge >= 0.3 is 0 Å². The van der Waals surface area contributed by atoms with Gasteiger partial charge < -0.3 is 14.8 Å². The average molecular weight is 355 g/mol. The summed E-state index contributed by atoms with van der Waals surface area (Å²) in [5.74, 6) is 1.11. The number of carbonyl (C=O) groups excluding carboxylic acids is 1. The maximum Gasteiger partial charge on any atom is 0.256 e. The van der Waals surface area contributed by atoms with Crippen molar-refractivity contribution in [2.24, 2.45) is 5.92 Å². The van der Waals surface area contributed by atoms with Crippen molar-refractivity contribution >= 4 is 22.4 Å². The highest BCUT2D eigenvalue weighted by atomic mass is 16.5. The maximum atomic E-state index is 13.0. The molecule has 1 fully saturated rings. The minimum Gasteiger partial charge on any atom is -0.493 e. The quantitative estimate of drug-likeness (QED) is 0.632. The molecule has 2 aromatic rings. The van der Waals surface area contributed by atoms with Crippen LogP contribution in [0, 0.1) is 5.92 Å². The first kappa shape index (κ1) is 18.7. The summed E-state index contributed by atoms with van der Waals surface area (Å²) in [5, 5.41) is 5.12. The Labute approximate surface area is 155 Å². The van der Waals surface area contributed by atoms with Crippen LogP contribution >= 0.6 is 0 Å². The molecule has 2 aromatic carbocycles. The Morgan fingerprint density at radius 2 is 1.88 bits per heavy atom. The first-order valence-corrected chi connectivity index (χ1v) is 9.70. The molecule has 0 radical (unpaired) electrons. The zero-order valence-electron chi connectivity index (χ0n) is 16.0. The van der Waals surface area contributed by atoms with Crippen molar-refractivity contribution in [2.75, 3.05) is 18.5 Å². The van der Waals surface area contributed by atoms with E-state index in [2.05, 4.69) is 12.2 Å². The van der Waals surface area contributed by atoms with E-state index in [1.54, 1.807) is 0 Å². The molecule has 0 unspecified atom stereocenters. The minimum atomic E-state index is -0.758. The molecule has 1 aliphatic carbocycles. The number of rotatable bonds is 9. The van der Waals surface area contributed by atoms with Gasteiger partial charge in [0.1, 0.15) is 11.4 Å². The molecule has 3 rings (SSSR count). The highest BCUT2D eigenvalue weighted by Gasteiger charge is 2.48. The summed E-state index contributed by atoms with van der Waals surface area (Å²) >= 11 is 0. The molecule has 0 aromatic heterocycles. The zero-order valence-corrected chi connectivity index (χ0v) is 16.0. The Kier molecular flexibility index (Phi) is 5.82. The predicted octanol–water partition coefficient (Wildman–Crippen LogP) is 5.16. The van der Waals surface area contributed by atoms with E-state index in [9.17, 15) is 4.79 Å². The molecule has 0 saturated heterocycles. The summed E-state index contributed by atoms with van der Waals surface area (Å²) in [6, 6.07) is 11.9. The maximum absolute atomic E-state index is 13.0. The summed E-state index contributed by atoms with van der Waals surface area (Å²) in [7, 11) is 0. The number of unbranched alkanes of at least 4 members (excludes halogenated alkanes) is 1. The first-order valence-electron chi connectivity index (χ1n) is 9.70. The average Bonchev–Trinajstić information content (AvgIpc) is 3.49. The number of anilines is 1. The summed E-state index contributed by atoms with van der Waals surface area (Å²) in [6.07, 6.45) is 4.23. The van der Waals surface area contributed by atoms with Crippen molar-refractivity contribution in [3.63, 3.8) is 0 Å². The van der Waals surface area contributed by atoms with E-state index in [1.807, 2.05) is 50.2 Å². The summed E-state index contributed by atoms with van der Waals surface area (Å²) in [5.41, 5.74) is 0.0478. The van der Waals surface area contributed by atoms with Crippen molar-refractivity contribution in [3.8, 4) is 5.75 Å². The largest absolute Gasteiger partial charge is 0.493 e. The highest BCUT2D eigenvalue weighted by molar-refractivity contribution is 6.06. The third-order valence-corrected chi connectivity index (χ3v) is 5.14. The summed E-state index contributed by atoms with van der Waals surface area (Å²) < 4.78 is 11.8. The second-order valence-electron chi connectivity index (χ2n) is 7.13. The fourth-order valence-corrected chi connectivity index (χ4v) is 3.38. The van der Waals surface area contributed by atoms with Crippen LogP contribution in [-0.2, 0) is 9.53 Å². The van der Waals surface area contributed by atoms with Crippen LogP contribution in [-0.4, -0.2) is 24.7 Å². The second kappa shape index (κ2) is 8.09. The van der Waals surface area contributed by atoms with E-state index in [0.717, 1.165) is 47.9 Å². The van der Waals surface area contributed by atoms with Gasteiger partial charge in [-0.25, -0.2) is 0 Å². The number of ether oxygens (including phenoxy) is 2. The van der Waals surface area contributed by atoms with Gasteiger partial charge in [0.2, 0.25) is 0 Å². The van der Waals surface area contributed by atoms with E-state index in [0.29, 0.717) is 19.1 Å². The van der Waals surface area contributed by atoms with E-state index in [-0.39, 0.29) is 5.91 Å². The molecule has 4 heteroatoms. The molecule has 0 spiro atoms. The lowest BCUT2D eigenvalue weighted by Gasteiger charge is -2.28. The predicted molar refractivity (Wildman–Crippen MR) is 106 cm³/mol. The number of fused-ring (bicyclic) bond motifs is 1. The molecule has 0 heterocycles. The van der Waals surface area contributed by atoms with Gasteiger partial charge in [0.25, 0.3) is 5.91 Å². The Morgan fingerprint density at radius 3 is 2.54 bits per heavy atom. The number of benzene rings is 2. The van der Waals surface area contributed by atoms with E-state index < -0.39 is 5.60 Å². The molecule has 1 N–H and O–H groups in total. The third kappa shape index (κ3) is 3.85. The summed E-state index contributed by atoms with van der Waals surface area (Å²) in [4.78, 5) is 13.0. The fourth-order valence-electron chi connectivity index (χ4n) is 3.38. The molecule has 1 atom stereocenters. The van der Waals surface area contributed by atoms with E-state index in [4.69, 9.17) is 9.47 Å². The van der Waals surface area contributed by atoms with Crippen LogP contribution in [0.5, 0.6) is 5.75 Å². The highest BCUT2D eigenvalue weighted by Crippen LogP contribution is 2.43. The number of nitrogens with one attached hydrogen (secondary N) is 1. The van der Waals surface area contributed by atoms with Gasteiger partial charge in [0.15, 0.2) is 0 Å². The van der Waals surface area contributed by atoms with Crippen LogP contribution in [0.15, 0.2) is 36.4 Å². The van der Waals surface area contributed by atoms with Gasteiger partial charge in [-0.1, -0.05) is 37.6 Å². The fraction of sp³-hybridized carbons (Fsp3) is 0.500. The van der Waals surface area contributed by atoms with Crippen LogP contribution in [0.25, 0.3) is 10.8 Å². The number of amides is 1. The Morgan fingerprint density at radius 1 is 1.15 bits per heavy atom. The number of carbonyl (C=O) groups is 1. The van der Waals surface area contributed by atoms with Gasteiger partial charge in [-0.05, 0) is 51.2 Å². The molecule has 4 nitrogen and oxygen atoms in total. The van der Waals surface area contributed by atoms with E-state index in [1.165, 1.54) is 0 Å². The molecule has 1 amide bonds. The normalized spacial score (nSPS) is 16.3. The van der Waals surface area contributed by atoms with Gasteiger partial charge in [0.05, 0.1) is 6.61 Å². The number of hydrogen-bond donors (Lipinski definition) is 1. The Balaban J connectivity index is 1.86. The molecule has 140 valence electrons. The molecule has 26 heavy (non-hydrogen) atoms. The van der Waals surface area contributed by atoms with Crippen LogP contribution in [0.3, 0.4) is 0 Å². The van der Waals surface area contributed by atoms with Crippen LogP contribution in [0.4, 0.5) is 5.69 Å². The minimum absolute atomic E-state index is 0.0633. The number of hydrogen-bond acceptors (Lipinski definition) is 3. The topological polar surface area (TPSA) is 47.6 Å². The van der Waals surface area contributed by atoms with Crippen LogP contribution in [0.1, 0.15) is 46.5 Å². The first-order chi connectivity index (χ1) is 12.6. The van der Waals surface area contributed by atoms with Crippen LogP contribution < -0.4 is 10.1 Å². The van der Waals surface area contributed by atoms with Crippen molar-refractivity contribution in [2.45, 2.75) is 52.1 Å². The molecular formula is C22H29NO3. The standard InChI is InChI=1S/C22H29NO3/c1-4-6-15-25-20-14-13-19(17-9-7-8-10-18(17)20)23-21(24)22(3,26-5-2)16-11-12-16/h7-10,13-14,16H,4-6,11-12,15H2,1-3H3,(H,23,24)/t22-/m1/s1.